The molecular formula is C20H31F2N5O3. The van der Waals surface area contributed by atoms with Gasteiger partial charge in [0.1, 0.15) is 11.3 Å². The molecule has 0 bridgehead atoms. The van der Waals surface area contributed by atoms with Crippen molar-refractivity contribution in [2.24, 2.45) is 17.1 Å². The van der Waals surface area contributed by atoms with Crippen LogP contribution in [-0.2, 0) is 9.53 Å². The third-order valence-electron chi connectivity index (χ3n) is 6.48. The van der Waals surface area contributed by atoms with Crippen LogP contribution in [0.1, 0.15) is 52.9 Å². The molecule has 0 aromatic carbocycles. The summed E-state index contributed by atoms with van der Waals surface area (Å²) in [6, 6.07) is 1.57. The lowest BCUT2D eigenvalue weighted by atomic mass is 9.74. The van der Waals surface area contributed by atoms with Crippen molar-refractivity contribution in [3.63, 3.8) is 0 Å². The highest BCUT2D eigenvalue weighted by atomic mass is 19.3. The third-order valence-corrected chi connectivity index (χ3v) is 6.48. The molecule has 3 amide bonds. The maximum Gasteiger partial charge on any atom is 0.314 e. The van der Waals surface area contributed by atoms with Crippen LogP contribution in [-0.4, -0.2) is 59.8 Å². The van der Waals surface area contributed by atoms with E-state index < -0.39 is 53.0 Å². The van der Waals surface area contributed by atoms with Crippen LogP contribution < -0.4 is 16.4 Å². The minimum absolute atomic E-state index is 0.383. The topological polar surface area (TPSA) is 120 Å². The number of amides is 3. The van der Waals surface area contributed by atoms with E-state index in [1.807, 2.05) is 13.8 Å². The summed E-state index contributed by atoms with van der Waals surface area (Å²) in [7, 11) is 0. The Morgan fingerprint density at radius 1 is 1.33 bits per heavy atom. The molecule has 168 valence electrons. The van der Waals surface area contributed by atoms with E-state index in [2.05, 4.69) is 16.7 Å². The molecule has 1 saturated carbocycles. The first-order valence-corrected chi connectivity index (χ1v) is 10.4. The molecule has 3 fully saturated rings. The Bertz CT molecular complexity index is 734. The van der Waals surface area contributed by atoms with Gasteiger partial charge in [0.05, 0.1) is 18.1 Å². The summed E-state index contributed by atoms with van der Waals surface area (Å²) in [5, 5.41) is 15.4. The van der Waals surface area contributed by atoms with Gasteiger partial charge in [0.25, 0.3) is 0 Å². The number of nitriles is 1. The standard InChI is InChI=1S/C20H31F2N5O3/c1-17(2)12-25-20(6-8-27(9-7-20)16(24)29)30-14(17)13(10-18(3,21)22)15(28)26-19(11-23)4-5-19/h13-14,25H,4-10,12H2,1-3H3,(H2,24,29)(H,26,28)/t13-,14?/m0/s1. The Morgan fingerprint density at radius 3 is 2.40 bits per heavy atom. The Balaban J connectivity index is 1.83. The second-order valence-corrected chi connectivity index (χ2v) is 9.76. The van der Waals surface area contributed by atoms with Crippen LogP contribution in [0.2, 0.25) is 0 Å². The molecule has 10 heteroatoms. The van der Waals surface area contributed by atoms with Crippen molar-refractivity contribution in [2.75, 3.05) is 19.6 Å². The largest absolute Gasteiger partial charge is 0.356 e. The van der Waals surface area contributed by atoms with Gasteiger partial charge in [0.15, 0.2) is 0 Å². The summed E-state index contributed by atoms with van der Waals surface area (Å²) in [4.78, 5) is 26.0. The maximum atomic E-state index is 14.1. The molecule has 0 radical (unpaired) electrons. The first-order chi connectivity index (χ1) is 13.8. The van der Waals surface area contributed by atoms with E-state index in [4.69, 9.17) is 10.5 Å². The summed E-state index contributed by atoms with van der Waals surface area (Å²) in [6.07, 6.45) is 0.488. The Kier molecular flexibility index (Phi) is 5.75. The molecule has 0 aromatic rings. The number of piperidine rings is 1. The van der Waals surface area contributed by atoms with Gasteiger partial charge in [-0.25, -0.2) is 13.6 Å². The fourth-order valence-corrected chi connectivity index (χ4v) is 4.39. The SMILES string of the molecule is CC(F)(F)C[C@H](C(=O)NC1(C#N)CC1)C1OC2(CCN(C(N)=O)CC2)NCC1(C)C. The molecule has 2 heterocycles. The van der Waals surface area contributed by atoms with E-state index in [0.29, 0.717) is 45.3 Å². The fourth-order valence-electron chi connectivity index (χ4n) is 4.39. The van der Waals surface area contributed by atoms with Crippen LogP contribution >= 0.6 is 0 Å². The number of hydrogen-bond acceptors (Lipinski definition) is 5. The Hall–Kier alpha value is -1.99. The van der Waals surface area contributed by atoms with Crippen LogP contribution in [0.5, 0.6) is 0 Å². The second-order valence-electron chi connectivity index (χ2n) is 9.76. The summed E-state index contributed by atoms with van der Waals surface area (Å²) >= 11 is 0. The maximum absolute atomic E-state index is 14.1. The number of urea groups is 1. The number of hydrogen-bond donors (Lipinski definition) is 3. The zero-order valence-corrected chi connectivity index (χ0v) is 17.8. The number of nitrogens with two attached hydrogens (primary N) is 1. The number of rotatable bonds is 5. The van der Waals surface area contributed by atoms with Gasteiger partial charge in [-0.05, 0) is 19.8 Å². The van der Waals surface area contributed by atoms with Crippen LogP contribution in [0.15, 0.2) is 0 Å². The third kappa shape index (κ3) is 4.83. The molecule has 1 spiro atoms. The summed E-state index contributed by atoms with van der Waals surface area (Å²) in [5.74, 6) is -4.75. The fraction of sp³-hybridized carbons (Fsp3) is 0.850. The zero-order chi connectivity index (χ0) is 22.4. The molecule has 3 aliphatic rings. The molecule has 2 aliphatic heterocycles. The summed E-state index contributed by atoms with van der Waals surface area (Å²) in [5.41, 5.74) is 3.01. The van der Waals surface area contributed by atoms with Gasteiger partial charge in [0.2, 0.25) is 11.8 Å². The normalized spacial score (nSPS) is 27.7. The van der Waals surface area contributed by atoms with Crippen molar-refractivity contribution in [1.82, 2.24) is 15.5 Å². The molecule has 3 rings (SSSR count). The smallest absolute Gasteiger partial charge is 0.314 e. The number of ether oxygens (including phenoxy) is 1. The number of alkyl halides is 2. The minimum atomic E-state index is -3.07. The van der Waals surface area contributed by atoms with Crippen LogP contribution in [0.4, 0.5) is 13.6 Å². The van der Waals surface area contributed by atoms with Gasteiger partial charge in [-0.15, -0.1) is 0 Å². The molecular weight excluding hydrogens is 396 g/mol. The number of halogens is 2. The highest BCUT2D eigenvalue weighted by Gasteiger charge is 2.54. The average Bonchev–Trinajstić information content (AvgIpc) is 3.42. The Labute approximate surface area is 175 Å². The number of nitrogens with one attached hydrogen (secondary N) is 2. The van der Waals surface area contributed by atoms with E-state index >= 15 is 0 Å². The first-order valence-electron chi connectivity index (χ1n) is 10.4. The Morgan fingerprint density at radius 2 is 1.93 bits per heavy atom. The quantitative estimate of drug-likeness (QED) is 0.617. The molecule has 2 atom stereocenters. The minimum Gasteiger partial charge on any atom is -0.356 e. The van der Waals surface area contributed by atoms with Gasteiger partial charge < -0.3 is 20.7 Å². The van der Waals surface area contributed by atoms with Crippen molar-refractivity contribution in [1.29, 1.82) is 5.26 Å². The summed E-state index contributed by atoms with van der Waals surface area (Å²) < 4.78 is 34.5. The average molecular weight is 427 g/mol. The second kappa shape index (κ2) is 7.61. The van der Waals surface area contributed by atoms with Crippen molar-refractivity contribution in [2.45, 2.75) is 76.2 Å². The van der Waals surface area contributed by atoms with Gasteiger partial charge in [-0.2, -0.15) is 5.26 Å². The lowest BCUT2D eigenvalue weighted by Crippen LogP contribution is -2.67. The zero-order valence-electron chi connectivity index (χ0n) is 17.8. The first kappa shape index (κ1) is 22.7. The van der Waals surface area contributed by atoms with Crippen molar-refractivity contribution < 1.29 is 23.1 Å². The highest BCUT2D eigenvalue weighted by molar-refractivity contribution is 5.81. The van der Waals surface area contributed by atoms with Gasteiger partial charge in [-0.1, -0.05) is 13.8 Å². The lowest BCUT2D eigenvalue weighted by Gasteiger charge is -2.54. The van der Waals surface area contributed by atoms with Crippen LogP contribution in [0.3, 0.4) is 0 Å². The van der Waals surface area contributed by atoms with E-state index in [0.717, 1.165) is 6.92 Å². The molecule has 2 saturated heterocycles. The van der Waals surface area contributed by atoms with Gasteiger partial charge in [0, 0.05) is 44.3 Å². The van der Waals surface area contributed by atoms with E-state index in [-0.39, 0.29) is 0 Å². The van der Waals surface area contributed by atoms with Crippen molar-refractivity contribution in [3.8, 4) is 6.07 Å². The van der Waals surface area contributed by atoms with E-state index in [1.54, 1.807) is 0 Å². The number of primary amides is 1. The van der Waals surface area contributed by atoms with Crippen molar-refractivity contribution >= 4 is 11.9 Å². The lowest BCUT2D eigenvalue weighted by molar-refractivity contribution is -0.226. The predicted octanol–water partition coefficient (Wildman–Crippen LogP) is 1.71. The molecule has 4 N–H and O–H groups in total. The van der Waals surface area contributed by atoms with Gasteiger partial charge in [-0.3, -0.25) is 10.1 Å². The molecule has 30 heavy (non-hydrogen) atoms. The van der Waals surface area contributed by atoms with E-state index in [1.165, 1.54) is 4.90 Å². The molecule has 1 unspecified atom stereocenters. The summed E-state index contributed by atoms with van der Waals surface area (Å²) in [6.45, 7) is 5.78. The number of nitrogens with zero attached hydrogens (tertiary/aromatic N) is 2. The van der Waals surface area contributed by atoms with E-state index in [9.17, 15) is 23.6 Å². The predicted molar refractivity (Wildman–Crippen MR) is 104 cm³/mol. The van der Waals surface area contributed by atoms with Crippen LogP contribution in [0.25, 0.3) is 0 Å². The van der Waals surface area contributed by atoms with Crippen molar-refractivity contribution in [3.05, 3.63) is 0 Å². The number of likely N-dealkylation sites (tertiary alicyclic amines) is 1. The molecule has 0 aromatic heterocycles. The molecule has 1 aliphatic carbocycles. The van der Waals surface area contributed by atoms with Gasteiger partial charge >= 0.3 is 6.03 Å². The monoisotopic (exact) mass is 427 g/mol. The number of carbonyl (C=O) groups excluding carboxylic acids is 2. The molecule has 8 nitrogen and oxygen atoms in total. The van der Waals surface area contributed by atoms with Crippen LogP contribution in [0, 0.1) is 22.7 Å². The number of carbonyl (C=O) groups is 2. The highest BCUT2D eigenvalue weighted by Crippen LogP contribution is 2.43.